The third-order valence-corrected chi connectivity index (χ3v) is 4.53. The Labute approximate surface area is 134 Å². The molecule has 0 spiro atoms. The number of alkyl carbamates (subject to hydrolysis) is 1. The molecule has 2 saturated carbocycles. The molecule has 3 unspecified atom stereocenters. The minimum atomic E-state index is -0.438. The van der Waals surface area contributed by atoms with Crippen molar-refractivity contribution < 1.29 is 14.3 Å². The summed E-state index contributed by atoms with van der Waals surface area (Å²) in [4.78, 5) is 11.8. The summed E-state index contributed by atoms with van der Waals surface area (Å²) in [7, 11) is 1.77. The van der Waals surface area contributed by atoms with Crippen LogP contribution in [0.4, 0.5) is 4.79 Å². The van der Waals surface area contributed by atoms with Crippen molar-refractivity contribution in [1.82, 2.24) is 10.6 Å². The highest BCUT2D eigenvalue weighted by atomic mass is 16.6. The molecular weight excluding hydrogens is 280 g/mol. The van der Waals surface area contributed by atoms with Crippen LogP contribution < -0.4 is 10.6 Å². The molecule has 2 fully saturated rings. The molecule has 5 nitrogen and oxygen atoms in total. The van der Waals surface area contributed by atoms with E-state index in [1.165, 1.54) is 25.7 Å². The van der Waals surface area contributed by atoms with Gasteiger partial charge in [-0.05, 0) is 58.3 Å². The second kappa shape index (κ2) is 7.64. The minimum Gasteiger partial charge on any atom is -0.444 e. The molecule has 2 rings (SSSR count). The lowest BCUT2D eigenvalue weighted by Crippen LogP contribution is -2.47. The predicted octanol–water partition coefficient (Wildman–Crippen LogP) is 2.69. The molecule has 2 N–H and O–H groups in total. The van der Waals surface area contributed by atoms with Crippen LogP contribution in [0.15, 0.2) is 0 Å². The molecule has 128 valence electrons. The summed E-state index contributed by atoms with van der Waals surface area (Å²) < 4.78 is 10.7. The van der Waals surface area contributed by atoms with Crippen molar-refractivity contribution in [2.75, 3.05) is 20.3 Å². The SMILES string of the molecule is COCC(NC1CCCC1CNC(=O)OC(C)(C)C)C1CC1. The van der Waals surface area contributed by atoms with E-state index in [0.29, 0.717) is 24.5 Å². The number of nitrogens with one attached hydrogen (secondary N) is 2. The van der Waals surface area contributed by atoms with Gasteiger partial charge in [0.05, 0.1) is 6.61 Å². The topological polar surface area (TPSA) is 59.6 Å². The van der Waals surface area contributed by atoms with Crippen LogP contribution in [0.3, 0.4) is 0 Å². The highest BCUT2D eigenvalue weighted by Gasteiger charge is 2.36. The fraction of sp³-hybridized carbons (Fsp3) is 0.941. The zero-order valence-electron chi connectivity index (χ0n) is 14.5. The molecule has 0 aromatic rings. The van der Waals surface area contributed by atoms with Gasteiger partial charge < -0.3 is 20.1 Å². The molecule has 0 aliphatic heterocycles. The monoisotopic (exact) mass is 312 g/mol. The standard InChI is InChI=1S/C17H32N2O3/c1-17(2,3)22-16(20)18-10-13-6-5-7-14(13)19-15(11-21-4)12-8-9-12/h12-15,19H,5-11H2,1-4H3,(H,18,20). The van der Waals surface area contributed by atoms with E-state index in [1.807, 2.05) is 20.8 Å². The third kappa shape index (κ3) is 5.76. The maximum Gasteiger partial charge on any atom is 0.407 e. The van der Waals surface area contributed by atoms with E-state index >= 15 is 0 Å². The van der Waals surface area contributed by atoms with Gasteiger partial charge in [-0.1, -0.05) is 6.42 Å². The summed E-state index contributed by atoms with van der Waals surface area (Å²) in [6, 6.07) is 0.952. The summed E-state index contributed by atoms with van der Waals surface area (Å²) in [6.07, 6.45) is 5.89. The van der Waals surface area contributed by atoms with E-state index in [2.05, 4.69) is 10.6 Å². The maximum absolute atomic E-state index is 11.8. The van der Waals surface area contributed by atoms with Crippen LogP contribution in [0.2, 0.25) is 0 Å². The molecule has 1 amide bonds. The average molecular weight is 312 g/mol. The van der Waals surface area contributed by atoms with Crippen LogP contribution in [0.1, 0.15) is 52.9 Å². The Bertz CT molecular complexity index is 363. The zero-order chi connectivity index (χ0) is 16.2. The molecule has 2 aliphatic carbocycles. The van der Waals surface area contributed by atoms with Gasteiger partial charge in [-0.3, -0.25) is 0 Å². The van der Waals surface area contributed by atoms with Gasteiger partial charge in [-0.25, -0.2) is 4.79 Å². The van der Waals surface area contributed by atoms with Gasteiger partial charge in [-0.2, -0.15) is 0 Å². The smallest absolute Gasteiger partial charge is 0.407 e. The summed E-state index contributed by atoms with van der Waals surface area (Å²) in [6.45, 7) is 7.14. The van der Waals surface area contributed by atoms with Crippen molar-refractivity contribution >= 4 is 6.09 Å². The minimum absolute atomic E-state index is 0.311. The molecule has 2 aliphatic rings. The molecule has 0 heterocycles. The highest BCUT2D eigenvalue weighted by molar-refractivity contribution is 5.67. The van der Waals surface area contributed by atoms with E-state index in [-0.39, 0.29) is 6.09 Å². The Hall–Kier alpha value is -0.810. The molecule has 0 aromatic carbocycles. The molecular formula is C17H32N2O3. The predicted molar refractivity (Wildman–Crippen MR) is 86.9 cm³/mol. The first-order valence-corrected chi connectivity index (χ1v) is 8.61. The Kier molecular flexibility index (Phi) is 6.09. The number of carbonyl (C=O) groups excluding carboxylic acids is 1. The van der Waals surface area contributed by atoms with Crippen molar-refractivity contribution in [2.45, 2.75) is 70.6 Å². The fourth-order valence-electron chi connectivity index (χ4n) is 3.30. The van der Waals surface area contributed by atoms with E-state index in [9.17, 15) is 4.79 Å². The second-order valence-corrected chi connectivity index (χ2v) is 7.75. The fourth-order valence-corrected chi connectivity index (χ4v) is 3.30. The lowest BCUT2D eigenvalue weighted by Gasteiger charge is -2.27. The lowest BCUT2D eigenvalue weighted by atomic mass is 10.0. The molecule has 5 heteroatoms. The number of methoxy groups -OCH3 is 1. The first kappa shape index (κ1) is 17.5. The van der Waals surface area contributed by atoms with Gasteiger partial charge in [0.2, 0.25) is 0 Å². The third-order valence-electron chi connectivity index (χ3n) is 4.53. The average Bonchev–Trinajstić information content (AvgIpc) is 3.16. The number of carbonyl (C=O) groups is 1. The molecule has 0 saturated heterocycles. The molecule has 3 atom stereocenters. The van der Waals surface area contributed by atoms with Gasteiger partial charge in [-0.15, -0.1) is 0 Å². The summed E-state index contributed by atoms with van der Waals surface area (Å²) >= 11 is 0. The van der Waals surface area contributed by atoms with E-state index in [0.717, 1.165) is 18.9 Å². The molecule has 0 aromatic heterocycles. The quantitative estimate of drug-likeness (QED) is 0.759. The number of amides is 1. The summed E-state index contributed by atoms with van der Waals surface area (Å²) in [5.74, 6) is 1.27. The summed E-state index contributed by atoms with van der Waals surface area (Å²) in [5.41, 5.74) is -0.438. The van der Waals surface area contributed by atoms with Crippen LogP contribution in [-0.2, 0) is 9.47 Å². The van der Waals surface area contributed by atoms with Crippen molar-refractivity contribution in [2.24, 2.45) is 11.8 Å². The van der Waals surface area contributed by atoms with Crippen molar-refractivity contribution in [3.05, 3.63) is 0 Å². The van der Waals surface area contributed by atoms with Crippen LogP contribution in [0.25, 0.3) is 0 Å². The first-order chi connectivity index (χ1) is 10.4. The Morgan fingerprint density at radius 2 is 1.95 bits per heavy atom. The Morgan fingerprint density at radius 1 is 1.23 bits per heavy atom. The van der Waals surface area contributed by atoms with Gasteiger partial charge in [0.25, 0.3) is 0 Å². The Balaban J connectivity index is 1.76. The largest absolute Gasteiger partial charge is 0.444 e. The molecule has 0 radical (unpaired) electrons. The number of rotatable bonds is 7. The first-order valence-electron chi connectivity index (χ1n) is 8.61. The molecule has 0 bridgehead atoms. The van der Waals surface area contributed by atoms with Crippen molar-refractivity contribution in [1.29, 1.82) is 0 Å². The van der Waals surface area contributed by atoms with Crippen LogP contribution >= 0.6 is 0 Å². The highest BCUT2D eigenvalue weighted by Crippen LogP contribution is 2.34. The van der Waals surface area contributed by atoms with Gasteiger partial charge in [0.1, 0.15) is 5.60 Å². The number of hydrogen-bond donors (Lipinski definition) is 2. The van der Waals surface area contributed by atoms with Gasteiger partial charge in [0, 0.05) is 25.7 Å². The maximum atomic E-state index is 11.8. The second-order valence-electron chi connectivity index (χ2n) is 7.75. The van der Waals surface area contributed by atoms with Gasteiger partial charge >= 0.3 is 6.09 Å². The van der Waals surface area contributed by atoms with E-state index < -0.39 is 5.60 Å². The zero-order valence-corrected chi connectivity index (χ0v) is 14.5. The Morgan fingerprint density at radius 3 is 2.55 bits per heavy atom. The van der Waals surface area contributed by atoms with Crippen LogP contribution in [0.5, 0.6) is 0 Å². The van der Waals surface area contributed by atoms with Crippen molar-refractivity contribution in [3.8, 4) is 0 Å². The van der Waals surface area contributed by atoms with Crippen LogP contribution in [-0.4, -0.2) is 44.0 Å². The van der Waals surface area contributed by atoms with Crippen LogP contribution in [0, 0.1) is 11.8 Å². The van der Waals surface area contributed by atoms with Gasteiger partial charge in [0.15, 0.2) is 0 Å². The molecule has 22 heavy (non-hydrogen) atoms. The van der Waals surface area contributed by atoms with E-state index in [4.69, 9.17) is 9.47 Å². The van der Waals surface area contributed by atoms with Crippen molar-refractivity contribution in [3.63, 3.8) is 0 Å². The number of ether oxygens (including phenoxy) is 2. The van der Waals surface area contributed by atoms with E-state index in [1.54, 1.807) is 7.11 Å². The normalized spacial score (nSPS) is 26.7. The number of hydrogen-bond acceptors (Lipinski definition) is 4. The summed E-state index contributed by atoms with van der Waals surface area (Å²) in [5, 5.41) is 6.71. The lowest BCUT2D eigenvalue weighted by molar-refractivity contribution is 0.0516.